The van der Waals surface area contributed by atoms with Gasteiger partial charge in [0, 0.05) is 68.8 Å². The van der Waals surface area contributed by atoms with Gasteiger partial charge in [-0.05, 0) is 35.8 Å². The van der Waals surface area contributed by atoms with Crippen LogP contribution in [0.2, 0.25) is 0 Å². The van der Waals surface area contributed by atoms with E-state index in [-0.39, 0.29) is 84.7 Å². The van der Waals surface area contributed by atoms with E-state index in [1.807, 2.05) is 0 Å². The number of pyridine rings is 2. The molecular weight excluding hydrogens is 537 g/mol. The van der Waals surface area contributed by atoms with Gasteiger partial charge in [0.1, 0.15) is 0 Å². The Labute approximate surface area is 269 Å². The number of aromatic nitrogens is 2. The van der Waals surface area contributed by atoms with Crippen molar-refractivity contribution in [2.45, 2.75) is 145 Å². The molecule has 2 aromatic heterocycles. The summed E-state index contributed by atoms with van der Waals surface area (Å²) in [4.78, 5) is 0. The summed E-state index contributed by atoms with van der Waals surface area (Å²) in [5, 5.41) is 0. The van der Waals surface area contributed by atoms with Crippen LogP contribution in [0, 0.1) is 23.7 Å². The first-order valence-electron chi connectivity index (χ1n) is 12.4. The van der Waals surface area contributed by atoms with Crippen molar-refractivity contribution >= 4 is 0 Å². The van der Waals surface area contributed by atoms with E-state index < -0.39 is 0 Å². The Hall–Kier alpha value is -0.596. The van der Waals surface area contributed by atoms with Crippen molar-refractivity contribution in [3.05, 3.63) is 49.1 Å². The number of hydrogen-bond donors (Lipinski definition) is 0. The molecule has 0 saturated carbocycles. The number of hydrogen-bond acceptors (Lipinski definition) is 0. The molecule has 0 N–H and O–H groups in total. The monoisotopic (exact) mass is 611 g/mol. The molecule has 2 rings (SSSR count). The van der Waals surface area contributed by atoms with Crippen LogP contribution in [0.1, 0.15) is 132 Å². The Bertz CT molecular complexity index is 648. The first-order chi connectivity index (χ1) is 14.4. The van der Waals surface area contributed by atoms with Crippen molar-refractivity contribution in [3.8, 4) is 11.1 Å². The van der Waals surface area contributed by atoms with Gasteiger partial charge in [-0.15, -0.1) is 0 Å². The van der Waals surface area contributed by atoms with Crippen LogP contribution in [0.4, 0.5) is 0 Å². The minimum Gasteiger partial charge on any atom is -0.205 e. The molecule has 3 heteroatoms. The Morgan fingerprint density at radius 2 is 0.711 bits per heavy atom. The molecule has 2 heterocycles. The second-order valence-corrected chi connectivity index (χ2v) is 9.96. The van der Waals surface area contributed by atoms with Gasteiger partial charge in [-0.1, -0.05) is 119 Å². The summed E-state index contributed by atoms with van der Waals surface area (Å²) < 4.78 is 4.68. The molecule has 4 unspecified atom stereocenters. The summed E-state index contributed by atoms with van der Waals surface area (Å²) in [6.45, 7) is 16.3. The molecule has 38 heavy (non-hydrogen) atoms. The molecule has 2 nitrogen and oxygen atoms in total. The summed E-state index contributed by atoms with van der Waals surface area (Å²) in [6.07, 6.45) is 16.9. The fraction of sp³-hybridized carbons (Fsp3) is 0.714. The van der Waals surface area contributed by atoms with Gasteiger partial charge >= 0.3 is 0 Å². The quantitative estimate of drug-likeness (QED) is 0.199. The Balaban J connectivity index is -0.000000240. The molecule has 0 amide bonds. The third kappa shape index (κ3) is 20.3. The van der Waals surface area contributed by atoms with Gasteiger partial charge in [0.2, 0.25) is 0 Å². The van der Waals surface area contributed by atoms with E-state index in [0.29, 0.717) is 0 Å². The van der Waals surface area contributed by atoms with Gasteiger partial charge in [-0.3, -0.25) is 0 Å². The van der Waals surface area contributed by atoms with Crippen LogP contribution in [0.3, 0.4) is 0 Å². The van der Waals surface area contributed by atoms with Crippen LogP contribution < -0.4 is 9.13 Å². The van der Waals surface area contributed by atoms with Crippen LogP contribution >= 0.6 is 0 Å². The minimum atomic E-state index is 0. The summed E-state index contributed by atoms with van der Waals surface area (Å²) >= 11 is 0. The van der Waals surface area contributed by atoms with E-state index in [1.54, 1.807) is 0 Å². The van der Waals surface area contributed by atoms with Gasteiger partial charge < -0.3 is 0 Å². The summed E-state index contributed by atoms with van der Waals surface area (Å²) in [5.41, 5.74) is 2.60. The van der Waals surface area contributed by atoms with E-state index in [4.69, 9.17) is 0 Å². The van der Waals surface area contributed by atoms with Crippen molar-refractivity contribution < 1.29 is 41.8 Å². The molecular formula is C35H74N2Y+2. The van der Waals surface area contributed by atoms with Crippen molar-refractivity contribution in [1.82, 2.24) is 0 Å². The number of rotatable bonds is 13. The number of nitrogens with zero attached hydrogens (tertiary/aromatic N) is 2. The molecule has 4 atom stereocenters. The summed E-state index contributed by atoms with van der Waals surface area (Å²) in [6, 6.07) is 9.04. The van der Waals surface area contributed by atoms with Gasteiger partial charge in [0.05, 0.1) is 0 Å². The van der Waals surface area contributed by atoms with E-state index in [9.17, 15) is 0 Å². The third-order valence-corrected chi connectivity index (χ3v) is 6.86. The second kappa shape index (κ2) is 29.4. The maximum atomic E-state index is 2.38. The topological polar surface area (TPSA) is 7.76 Å². The maximum Gasteiger partial charge on any atom is 0.169 e. The normalized spacial score (nSPS) is 12.3. The van der Waals surface area contributed by atoms with E-state index in [1.165, 1.54) is 49.7 Å². The molecule has 2 aromatic rings. The first-order valence-corrected chi connectivity index (χ1v) is 12.4. The largest absolute Gasteiger partial charge is 0.205 e. The zero-order valence-corrected chi connectivity index (χ0v) is 23.9. The molecule has 0 aliphatic rings. The van der Waals surface area contributed by atoms with Gasteiger partial charge in [0.15, 0.2) is 37.9 Å². The van der Waals surface area contributed by atoms with Gasteiger partial charge in [0.25, 0.3) is 0 Å². The van der Waals surface area contributed by atoms with E-state index in [0.717, 1.165) is 36.8 Å². The van der Waals surface area contributed by atoms with Crippen molar-refractivity contribution in [2.24, 2.45) is 23.7 Å². The first kappa shape index (κ1) is 53.6. The summed E-state index contributed by atoms with van der Waals surface area (Å²) in [5.74, 6) is 3.16. The zero-order chi connectivity index (χ0) is 21.9. The van der Waals surface area contributed by atoms with E-state index in [2.05, 4.69) is 99.7 Å². The van der Waals surface area contributed by atoms with Gasteiger partial charge in [-0.25, -0.2) is 9.13 Å². The smallest absolute Gasteiger partial charge is 0.169 e. The molecule has 0 aliphatic heterocycles. The van der Waals surface area contributed by atoms with Crippen LogP contribution in [0.5, 0.6) is 0 Å². The van der Waals surface area contributed by atoms with Crippen LogP contribution in [-0.4, -0.2) is 0 Å². The molecule has 0 aliphatic carbocycles. The van der Waals surface area contributed by atoms with Crippen LogP contribution in [0.25, 0.3) is 11.1 Å². The molecule has 1 radical (unpaired) electrons. The molecule has 0 saturated heterocycles. The van der Waals surface area contributed by atoms with Crippen molar-refractivity contribution in [3.63, 3.8) is 0 Å². The zero-order valence-electron chi connectivity index (χ0n) is 21.1. The second-order valence-electron chi connectivity index (χ2n) is 9.96. The Morgan fingerprint density at radius 1 is 0.474 bits per heavy atom. The molecule has 225 valence electrons. The predicted molar refractivity (Wildman–Crippen MR) is 175 cm³/mol. The fourth-order valence-electron chi connectivity index (χ4n) is 3.99. The standard InChI is InChI=1S/C28H46N2.7CH4.Y/c1-7-23(3)9-11-25(5)21-29-17-13-27(14-18-29)28-15-19-30(20-16-28)22-26(6)12-10-24(4)8-2;;;;;;;;/h13-20,23-26H,7-12,21-22H2,1-6H3;7*1H4;/q+2;;;;;;;;. The van der Waals surface area contributed by atoms with Crippen LogP contribution in [-0.2, 0) is 45.8 Å². The van der Waals surface area contributed by atoms with Crippen LogP contribution in [0.15, 0.2) is 49.1 Å². The van der Waals surface area contributed by atoms with Gasteiger partial charge in [-0.2, -0.15) is 0 Å². The molecule has 0 bridgehead atoms. The minimum absolute atomic E-state index is 0. The third-order valence-electron chi connectivity index (χ3n) is 6.86. The Morgan fingerprint density at radius 3 is 0.947 bits per heavy atom. The van der Waals surface area contributed by atoms with Crippen molar-refractivity contribution in [2.75, 3.05) is 0 Å². The fourth-order valence-corrected chi connectivity index (χ4v) is 3.99. The predicted octanol–water partition coefficient (Wildman–Crippen LogP) is 11.3. The molecule has 0 aromatic carbocycles. The average molecular weight is 612 g/mol. The average Bonchev–Trinajstić information content (AvgIpc) is 2.76. The van der Waals surface area contributed by atoms with E-state index >= 15 is 0 Å². The summed E-state index contributed by atoms with van der Waals surface area (Å²) in [7, 11) is 0. The molecule has 0 spiro atoms. The maximum absolute atomic E-state index is 2.38. The Kier molecular flexibility index (Phi) is 41.5. The molecule has 0 fully saturated rings. The SMILES string of the molecule is C.C.C.C.C.C.C.CCC(C)CCC(C)C[n+]1ccc(-c2cc[n+](CC(C)CCC(C)CC)cc2)cc1.[Y]. The van der Waals surface area contributed by atoms with Crippen molar-refractivity contribution in [1.29, 1.82) is 0 Å².